The fourth-order valence-corrected chi connectivity index (χ4v) is 4.04. The molecule has 0 fully saturated rings. The van der Waals surface area contributed by atoms with Crippen LogP contribution in [0.5, 0.6) is 0 Å². The van der Waals surface area contributed by atoms with Gasteiger partial charge >= 0.3 is 0 Å². The Morgan fingerprint density at radius 3 is 2.53 bits per heavy atom. The standard InChI is InChI=1S/C15H26ClNOS/c1-10(2)17(19-6)14(18)13(16)12-7-11(3)8-15(4,5)9-12/h7,10,12-13H,8-9H2,1-6H3. The van der Waals surface area contributed by atoms with Gasteiger partial charge in [-0.25, -0.2) is 0 Å². The number of hydrogen-bond acceptors (Lipinski definition) is 2. The van der Waals surface area contributed by atoms with Gasteiger partial charge in [-0.3, -0.25) is 9.10 Å². The molecule has 0 heterocycles. The van der Waals surface area contributed by atoms with Gasteiger partial charge in [-0.1, -0.05) is 37.4 Å². The predicted octanol–water partition coefficient (Wildman–Crippen LogP) is 4.49. The van der Waals surface area contributed by atoms with Crippen molar-refractivity contribution < 1.29 is 4.79 Å². The molecule has 19 heavy (non-hydrogen) atoms. The number of amides is 1. The molecule has 1 aliphatic rings. The molecule has 2 atom stereocenters. The van der Waals surface area contributed by atoms with Crippen LogP contribution < -0.4 is 0 Å². The van der Waals surface area contributed by atoms with E-state index in [-0.39, 0.29) is 23.3 Å². The number of hydrogen-bond donors (Lipinski definition) is 0. The first-order valence-electron chi connectivity index (χ1n) is 6.86. The Bertz CT molecular complexity index is 365. The smallest absolute Gasteiger partial charge is 0.251 e. The number of halogens is 1. The minimum Gasteiger partial charge on any atom is -0.283 e. The minimum absolute atomic E-state index is 0.0379. The van der Waals surface area contributed by atoms with Crippen LogP contribution in [0.2, 0.25) is 0 Å². The summed E-state index contributed by atoms with van der Waals surface area (Å²) in [6.07, 6.45) is 6.19. The van der Waals surface area contributed by atoms with E-state index in [1.54, 1.807) is 4.31 Å². The SMILES string of the molecule is CSN(C(=O)C(Cl)C1C=C(C)CC(C)(C)C1)C(C)C. The number of alkyl halides is 1. The summed E-state index contributed by atoms with van der Waals surface area (Å²) in [5.74, 6) is 0.183. The molecule has 110 valence electrons. The predicted molar refractivity (Wildman–Crippen MR) is 85.4 cm³/mol. The first kappa shape index (κ1) is 16.9. The summed E-state index contributed by atoms with van der Waals surface area (Å²) in [6, 6.07) is 0.172. The molecule has 0 radical (unpaired) electrons. The first-order chi connectivity index (χ1) is 8.68. The minimum atomic E-state index is -0.454. The van der Waals surface area contributed by atoms with Crippen LogP contribution in [0.25, 0.3) is 0 Å². The van der Waals surface area contributed by atoms with Crippen LogP contribution in [-0.4, -0.2) is 27.9 Å². The zero-order chi connectivity index (χ0) is 14.8. The van der Waals surface area contributed by atoms with Crippen molar-refractivity contribution >= 4 is 29.5 Å². The van der Waals surface area contributed by atoms with Crippen molar-refractivity contribution in [1.29, 1.82) is 0 Å². The number of nitrogens with zero attached hydrogens (tertiary/aromatic N) is 1. The van der Waals surface area contributed by atoms with Crippen LogP contribution >= 0.6 is 23.5 Å². The van der Waals surface area contributed by atoms with E-state index in [1.807, 2.05) is 20.1 Å². The Balaban J connectivity index is 2.85. The molecule has 0 aromatic heterocycles. The maximum absolute atomic E-state index is 12.5. The van der Waals surface area contributed by atoms with Crippen molar-refractivity contribution in [3.63, 3.8) is 0 Å². The first-order valence-corrected chi connectivity index (χ1v) is 8.48. The highest BCUT2D eigenvalue weighted by Gasteiger charge is 2.36. The monoisotopic (exact) mass is 303 g/mol. The molecule has 1 amide bonds. The van der Waals surface area contributed by atoms with Gasteiger partial charge in [0.1, 0.15) is 5.38 Å². The third kappa shape index (κ3) is 4.42. The fourth-order valence-electron chi connectivity index (χ4n) is 3.00. The van der Waals surface area contributed by atoms with E-state index < -0.39 is 5.38 Å². The van der Waals surface area contributed by atoms with Gasteiger partial charge in [-0.2, -0.15) is 0 Å². The second-order valence-corrected chi connectivity index (χ2v) is 7.79. The largest absolute Gasteiger partial charge is 0.283 e. The van der Waals surface area contributed by atoms with Crippen molar-refractivity contribution in [2.24, 2.45) is 11.3 Å². The summed E-state index contributed by atoms with van der Waals surface area (Å²) in [7, 11) is 0. The van der Waals surface area contributed by atoms with Crippen molar-refractivity contribution in [1.82, 2.24) is 4.31 Å². The fraction of sp³-hybridized carbons (Fsp3) is 0.800. The molecular weight excluding hydrogens is 278 g/mol. The van der Waals surface area contributed by atoms with Crippen LogP contribution in [0.3, 0.4) is 0 Å². The van der Waals surface area contributed by atoms with Crippen molar-refractivity contribution in [3.05, 3.63) is 11.6 Å². The Morgan fingerprint density at radius 1 is 1.53 bits per heavy atom. The van der Waals surface area contributed by atoms with Crippen molar-refractivity contribution in [2.75, 3.05) is 6.26 Å². The molecule has 0 N–H and O–H groups in total. The van der Waals surface area contributed by atoms with Crippen LogP contribution in [0, 0.1) is 11.3 Å². The molecule has 2 nitrogen and oxygen atoms in total. The summed E-state index contributed by atoms with van der Waals surface area (Å²) >= 11 is 7.93. The van der Waals surface area contributed by atoms with Gasteiger partial charge in [-0.15, -0.1) is 11.6 Å². The van der Waals surface area contributed by atoms with Crippen LogP contribution in [0.15, 0.2) is 11.6 Å². The van der Waals surface area contributed by atoms with E-state index in [0.717, 1.165) is 12.8 Å². The molecule has 1 rings (SSSR count). The average Bonchev–Trinajstić information content (AvgIpc) is 2.25. The highest BCUT2D eigenvalue weighted by Crippen LogP contribution is 2.41. The number of carbonyl (C=O) groups excluding carboxylic acids is 1. The molecule has 0 bridgehead atoms. The van der Waals surface area contributed by atoms with E-state index in [0.29, 0.717) is 0 Å². The summed E-state index contributed by atoms with van der Waals surface area (Å²) in [4.78, 5) is 12.5. The average molecular weight is 304 g/mol. The number of allylic oxidation sites excluding steroid dienone is 2. The van der Waals surface area contributed by atoms with Crippen molar-refractivity contribution in [2.45, 2.75) is 58.9 Å². The Hall–Kier alpha value is -0.150. The van der Waals surface area contributed by atoms with Gasteiger partial charge in [0.25, 0.3) is 5.91 Å². The Labute approximate surface area is 127 Å². The van der Waals surface area contributed by atoms with Gasteiger partial charge in [0, 0.05) is 18.2 Å². The maximum atomic E-state index is 12.5. The molecule has 4 heteroatoms. The van der Waals surface area contributed by atoms with Crippen LogP contribution in [0.1, 0.15) is 47.5 Å². The lowest BCUT2D eigenvalue weighted by Gasteiger charge is -2.36. The van der Waals surface area contributed by atoms with Crippen LogP contribution in [0.4, 0.5) is 0 Å². The summed E-state index contributed by atoms with van der Waals surface area (Å²) in [5.41, 5.74) is 1.58. The Kier molecular flexibility index (Phi) is 5.81. The molecule has 0 aliphatic heterocycles. The lowest BCUT2D eigenvalue weighted by Crippen LogP contribution is -2.41. The van der Waals surface area contributed by atoms with Gasteiger partial charge in [0.2, 0.25) is 0 Å². The highest BCUT2D eigenvalue weighted by molar-refractivity contribution is 7.96. The molecule has 0 saturated carbocycles. The summed E-state index contributed by atoms with van der Waals surface area (Å²) in [5, 5.41) is -0.454. The van der Waals surface area contributed by atoms with Crippen molar-refractivity contribution in [3.8, 4) is 0 Å². The zero-order valence-corrected chi connectivity index (χ0v) is 14.4. The zero-order valence-electron chi connectivity index (χ0n) is 12.9. The maximum Gasteiger partial charge on any atom is 0.251 e. The van der Waals surface area contributed by atoms with Gasteiger partial charge < -0.3 is 0 Å². The molecule has 0 aromatic carbocycles. The molecule has 0 aromatic rings. The lowest BCUT2D eigenvalue weighted by atomic mass is 9.72. The third-order valence-corrected chi connectivity index (χ3v) is 5.04. The second kappa shape index (κ2) is 6.53. The second-order valence-electron chi connectivity index (χ2n) is 6.56. The van der Waals surface area contributed by atoms with E-state index in [2.05, 4.69) is 26.8 Å². The third-order valence-electron chi connectivity index (χ3n) is 3.54. The Morgan fingerprint density at radius 2 is 2.11 bits per heavy atom. The summed E-state index contributed by atoms with van der Waals surface area (Å²) < 4.78 is 1.78. The quantitative estimate of drug-likeness (QED) is 0.433. The van der Waals surface area contributed by atoms with Gasteiger partial charge in [0.05, 0.1) is 0 Å². The molecule has 1 aliphatic carbocycles. The highest BCUT2D eigenvalue weighted by atomic mass is 35.5. The molecular formula is C15H26ClNOS. The number of carbonyl (C=O) groups is 1. The van der Waals surface area contributed by atoms with E-state index in [9.17, 15) is 4.79 Å². The summed E-state index contributed by atoms with van der Waals surface area (Å²) in [6.45, 7) is 10.7. The van der Waals surface area contributed by atoms with E-state index >= 15 is 0 Å². The van der Waals surface area contributed by atoms with E-state index in [4.69, 9.17) is 11.6 Å². The lowest BCUT2D eigenvalue weighted by molar-refractivity contribution is -0.127. The van der Waals surface area contributed by atoms with Gasteiger partial charge in [-0.05, 0) is 39.0 Å². The van der Waals surface area contributed by atoms with Crippen LogP contribution in [-0.2, 0) is 4.79 Å². The molecule has 0 saturated heterocycles. The topological polar surface area (TPSA) is 20.3 Å². The normalized spacial score (nSPS) is 24.0. The molecule has 0 spiro atoms. The van der Waals surface area contributed by atoms with Gasteiger partial charge in [0.15, 0.2) is 0 Å². The number of rotatable bonds is 4. The molecule has 2 unspecified atom stereocenters. The van der Waals surface area contributed by atoms with E-state index in [1.165, 1.54) is 17.5 Å².